The summed E-state index contributed by atoms with van der Waals surface area (Å²) in [5.41, 5.74) is 10.6. The van der Waals surface area contributed by atoms with Gasteiger partial charge in [-0.25, -0.2) is 4.98 Å². The van der Waals surface area contributed by atoms with Crippen molar-refractivity contribution in [3.8, 4) is 5.75 Å². The fourth-order valence-electron chi connectivity index (χ4n) is 3.33. The van der Waals surface area contributed by atoms with Gasteiger partial charge in [-0.15, -0.1) is 0 Å². The van der Waals surface area contributed by atoms with Crippen LogP contribution in [0.25, 0.3) is 22.6 Å². The fourth-order valence-corrected chi connectivity index (χ4v) is 3.46. The van der Waals surface area contributed by atoms with Gasteiger partial charge in [0.25, 0.3) is 0 Å². The maximum atomic E-state index is 6.01. The van der Waals surface area contributed by atoms with Crippen molar-refractivity contribution in [2.24, 2.45) is 10.7 Å². The van der Waals surface area contributed by atoms with Gasteiger partial charge in [0.1, 0.15) is 12.4 Å². The van der Waals surface area contributed by atoms with E-state index in [1.807, 2.05) is 72.8 Å². The van der Waals surface area contributed by atoms with Crippen molar-refractivity contribution in [1.82, 2.24) is 4.98 Å². The van der Waals surface area contributed by atoms with Gasteiger partial charge in [-0.3, -0.25) is 4.99 Å². The number of para-hydroxylation sites is 1. The molecule has 0 saturated heterocycles. The molecule has 0 atom stereocenters. The number of aliphatic imine (C=N–C) groups is 1. The molecule has 0 aliphatic carbocycles. The lowest BCUT2D eigenvalue weighted by atomic mass is 10.0. The molecular formula is C27H24ClN3O. The van der Waals surface area contributed by atoms with Crippen LogP contribution in [0.15, 0.2) is 89.9 Å². The molecule has 0 radical (unpaired) electrons. The first-order chi connectivity index (χ1) is 15.7. The Balaban J connectivity index is 1.48. The molecule has 4 aromatic rings. The average molecular weight is 442 g/mol. The van der Waals surface area contributed by atoms with Crippen LogP contribution in [0.1, 0.15) is 16.8 Å². The van der Waals surface area contributed by atoms with E-state index < -0.39 is 0 Å². The molecule has 1 heterocycles. The number of rotatable bonds is 8. The van der Waals surface area contributed by atoms with Crippen LogP contribution in [0.4, 0.5) is 0 Å². The zero-order chi connectivity index (χ0) is 22.2. The van der Waals surface area contributed by atoms with Crippen molar-refractivity contribution in [3.63, 3.8) is 0 Å². The number of nitrogens with two attached hydrogens (primary N) is 1. The second-order valence-corrected chi connectivity index (χ2v) is 7.72. The van der Waals surface area contributed by atoms with Crippen LogP contribution in [-0.2, 0) is 6.61 Å². The summed E-state index contributed by atoms with van der Waals surface area (Å²) in [6, 6.07) is 27.9. The highest BCUT2D eigenvalue weighted by Crippen LogP contribution is 2.23. The number of pyridine rings is 1. The summed E-state index contributed by atoms with van der Waals surface area (Å²) in [5, 5.41) is 1.84. The minimum Gasteiger partial charge on any atom is -0.487 e. The van der Waals surface area contributed by atoms with Gasteiger partial charge in [-0.1, -0.05) is 60.1 Å². The van der Waals surface area contributed by atoms with Crippen LogP contribution >= 0.6 is 11.6 Å². The third-order valence-corrected chi connectivity index (χ3v) is 5.23. The third kappa shape index (κ3) is 5.82. The Kier molecular flexibility index (Phi) is 7.28. The van der Waals surface area contributed by atoms with Gasteiger partial charge in [0.2, 0.25) is 0 Å². The molecule has 0 bridgehead atoms. The molecule has 0 fully saturated rings. The molecule has 2 N–H and O–H groups in total. The number of hydrogen-bond acceptors (Lipinski definition) is 4. The molecule has 3 aromatic carbocycles. The van der Waals surface area contributed by atoms with Crippen molar-refractivity contribution in [2.75, 3.05) is 13.1 Å². The van der Waals surface area contributed by atoms with Crippen LogP contribution in [0.3, 0.4) is 0 Å². The summed E-state index contributed by atoms with van der Waals surface area (Å²) in [6.45, 7) is 1.38. The van der Waals surface area contributed by atoms with Crippen molar-refractivity contribution < 1.29 is 4.74 Å². The molecule has 4 nitrogen and oxygen atoms in total. The van der Waals surface area contributed by atoms with Gasteiger partial charge in [-0.05, 0) is 59.2 Å². The lowest BCUT2D eigenvalue weighted by Gasteiger charge is -2.10. The third-order valence-electron chi connectivity index (χ3n) is 4.97. The molecule has 5 heteroatoms. The Hall–Kier alpha value is -3.47. The average Bonchev–Trinajstić information content (AvgIpc) is 2.84. The standard InChI is InChI=1S/C27H24ClN3O/c28-24-10-5-20(6-11-24)17-23(18-30-16-15-29)21-8-13-26(14-9-21)32-19-25-12-7-22-3-1-2-4-27(22)31-25/h1-14,16-17H,15,18-19,29H2/b23-17-,30-16?. The second-order valence-electron chi connectivity index (χ2n) is 7.29. The van der Waals surface area contributed by atoms with E-state index in [9.17, 15) is 0 Å². The molecule has 0 saturated carbocycles. The highest BCUT2D eigenvalue weighted by Gasteiger charge is 2.04. The molecule has 4 rings (SSSR count). The molecule has 1 aromatic heterocycles. The van der Waals surface area contributed by atoms with Gasteiger partial charge < -0.3 is 10.5 Å². The topological polar surface area (TPSA) is 60.5 Å². The van der Waals surface area contributed by atoms with Crippen LogP contribution in [0, 0.1) is 0 Å². The number of ether oxygens (including phenoxy) is 1. The number of benzene rings is 3. The summed E-state index contributed by atoms with van der Waals surface area (Å²) in [6.07, 6.45) is 3.84. The van der Waals surface area contributed by atoms with Crippen LogP contribution in [-0.4, -0.2) is 24.3 Å². The van der Waals surface area contributed by atoms with Crippen molar-refractivity contribution in [1.29, 1.82) is 0 Å². The predicted molar refractivity (Wildman–Crippen MR) is 134 cm³/mol. The van der Waals surface area contributed by atoms with E-state index >= 15 is 0 Å². The highest BCUT2D eigenvalue weighted by molar-refractivity contribution is 6.30. The van der Waals surface area contributed by atoms with E-state index in [4.69, 9.17) is 22.1 Å². The van der Waals surface area contributed by atoms with Crippen LogP contribution in [0.2, 0.25) is 5.02 Å². The van der Waals surface area contributed by atoms with E-state index in [0.717, 1.165) is 39.0 Å². The first kappa shape index (κ1) is 21.8. The molecule has 0 spiro atoms. The number of fused-ring (bicyclic) bond motifs is 1. The first-order valence-electron chi connectivity index (χ1n) is 10.4. The normalized spacial score (nSPS) is 11.9. The van der Waals surface area contributed by atoms with E-state index in [1.165, 1.54) is 0 Å². The Labute approximate surface area is 193 Å². The van der Waals surface area contributed by atoms with Gasteiger partial charge in [0.15, 0.2) is 0 Å². The smallest absolute Gasteiger partial charge is 0.130 e. The maximum Gasteiger partial charge on any atom is 0.130 e. The van der Waals surface area contributed by atoms with Gasteiger partial charge >= 0.3 is 0 Å². The molecule has 0 amide bonds. The van der Waals surface area contributed by atoms with Gasteiger partial charge in [0, 0.05) is 23.2 Å². The summed E-state index contributed by atoms with van der Waals surface area (Å²) in [5.74, 6) is 0.792. The monoisotopic (exact) mass is 441 g/mol. The van der Waals surface area contributed by atoms with Crippen LogP contribution in [0.5, 0.6) is 5.75 Å². The number of nitrogens with zero attached hydrogens (tertiary/aromatic N) is 2. The maximum absolute atomic E-state index is 6.01. The minimum atomic E-state index is 0.415. The number of aromatic nitrogens is 1. The Bertz CT molecular complexity index is 1230. The zero-order valence-electron chi connectivity index (χ0n) is 17.6. The predicted octanol–water partition coefficient (Wildman–Crippen LogP) is 6.04. The Morgan fingerprint density at radius 2 is 1.72 bits per heavy atom. The summed E-state index contributed by atoms with van der Waals surface area (Å²) in [4.78, 5) is 9.08. The van der Waals surface area contributed by atoms with Crippen LogP contribution < -0.4 is 10.5 Å². The summed E-state index contributed by atoms with van der Waals surface area (Å²) in [7, 11) is 0. The molecule has 160 valence electrons. The van der Waals surface area contributed by atoms with E-state index in [-0.39, 0.29) is 0 Å². The van der Waals surface area contributed by atoms with Gasteiger partial charge in [-0.2, -0.15) is 0 Å². The molecule has 32 heavy (non-hydrogen) atoms. The first-order valence-corrected chi connectivity index (χ1v) is 10.8. The quantitative estimate of drug-likeness (QED) is 0.268. The second kappa shape index (κ2) is 10.7. The van der Waals surface area contributed by atoms with E-state index in [0.29, 0.717) is 24.7 Å². The highest BCUT2D eigenvalue weighted by atomic mass is 35.5. The van der Waals surface area contributed by atoms with E-state index in [2.05, 4.69) is 28.2 Å². The van der Waals surface area contributed by atoms with Gasteiger partial charge in [0.05, 0.1) is 17.8 Å². The molecule has 0 aliphatic rings. The van der Waals surface area contributed by atoms with E-state index in [1.54, 1.807) is 6.21 Å². The number of halogens is 1. The van der Waals surface area contributed by atoms with Crippen molar-refractivity contribution >= 4 is 40.4 Å². The Morgan fingerprint density at radius 3 is 2.50 bits per heavy atom. The lowest BCUT2D eigenvalue weighted by molar-refractivity contribution is 0.302. The molecule has 0 aliphatic heterocycles. The van der Waals surface area contributed by atoms with Crippen molar-refractivity contribution in [2.45, 2.75) is 6.61 Å². The Morgan fingerprint density at radius 1 is 0.938 bits per heavy atom. The molecule has 0 unspecified atom stereocenters. The lowest BCUT2D eigenvalue weighted by Crippen LogP contribution is -2.00. The number of hydrogen-bond donors (Lipinski definition) is 1. The summed E-state index contributed by atoms with van der Waals surface area (Å²) < 4.78 is 5.96. The SMILES string of the molecule is NCC=NC/C(=C/c1ccc(Cl)cc1)c1ccc(OCc2ccc3ccccc3n2)cc1. The summed E-state index contributed by atoms with van der Waals surface area (Å²) >= 11 is 6.01. The molecular weight excluding hydrogens is 418 g/mol. The zero-order valence-corrected chi connectivity index (χ0v) is 18.4. The fraction of sp³-hybridized carbons (Fsp3) is 0.111. The van der Waals surface area contributed by atoms with Crippen molar-refractivity contribution in [3.05, 3.63) is 107 Å². The minimum absolute atomic E-state index is 0.415. The largest absolute Gasteiger partial charge is 0.487 e.